The molecule has 0 aliphatic rings. The van der Waals surface area contributed by atoms with Crippen molar-refractivity contribution in [2.75, 3.05) is 6.54 Å². The van der Waals surface area contributed by atoms with Gasteiger partial charge in [0.05, 0.1) is 5.56 Å². The molecule has 1 amide bonds. The molecule has 0 aromatic heterocycles. The number of hydrogen-bond acceptors (Lipinski definition) is 2. The van der Waals surface area contributed by atoms with E-state index in [0.29, 0.717) is 0 Å². The lowest BCUT2D eigenvalue weighted by molar-refractivity contribution is -0.138. The predicted octanol–water partition coefficient (Wildman–Crippen LogP) is 2.46. The minimum absolute atomic E-state index is 0.101. The maximum Gasteiger partial charge on any atom is 0.323 e. The van der Waals surface area contributed by atoms with Gasteiger partial charge in [-0.2, -0.15) is 0 Å². The van der Waals surface area contributed by atoms with E-state index in [2.05, 4.69) is 0 Å². The van der Waals surface area contributed by atoms with E-state index >= 15 is 0 Å². The molecule has 0 bridgehead atoms. The molecular formula is C14H18FNO3. The van der Waals surface area contributed by atoms with Gasteiger partial charge in [-0.25, -0.2) is 4.39 Å². The number of halogens is 1. The first-order valence-corrected chi connectivity index (χ1v) is 5.93. The van der Waals surface area contributed by atoms with E-state index in [1.807, 2.05) is 0 Å². The summed E-state index contributed by atoms with van der Waals surface area (Å²) >= 11 is 0. The summed E-state index contributed by atoms with van der Waals surface area (Å²) in [5.74, 6) is -2.39. The van der Waals surface area contributed by atoms with Crippen LogP contribution in [0, 0.1) is 12.7 Å². The molecule has 1 aromatic rings. The Balaban J connectivity index is 3.19. The summed E-state index contributed by atoms with van der Waals surface area (Å²) in [6.07, 6.45) is 0. The predicted molar refractivity (Wildman–Crippen MR) is 69.6 cm³/mol. The van der Waals surface area contributed by atoms with E-state index in [-0.39, 0.29) is 5.56 Å². The van der Waals surface area contributed by atoms with Crippen LogP contribution in [0.5, 0.6) is 0 Å². The van der Waals surface area contributed by atoms with Gasteiger partial charge in [-0.15, -0.1) is 0 Å². The first-order valence-electron chi connectivity index (χ1n) is 5.93. The molecule has 1 N–H and O–H groups in total. The molecule has 4 nitrogen and oxygen atoms in total. The molecule has 0 fully saturated rings. The van der Waals surface area contributed by atoms with E-state index in [1.54, 1.807) is 33.8 Å². The number of nitrogens with zero attached hydrogens (tertiary/aromatic N) is 1. The molecule has 0 unspecified atom stereocenters. The van der Waals surface area contributed by atoms with E-state index < -0.39 is 29.8 Å². The van der Waals surface area contributed by atoms with Gasteiger partial charge in [0.25, 0.3) is 5.91 Å². The number of amides is 1. The van der Waals surface area contributed by atoms with Gasteiger partial charge in [-0.3, -0.25) is 9.59 Å². The summed E-state index contributed by atoms with van der Waals surface area (Å²) in [6, 6.07) is 4.20. The van der Waals surface area contributed by atoms with Crippen molar-refractivity contribution in [2.24, 2.45) is 0 Å². The molecule has 0 heterocycles. The molecular weight excluding hydrogens is 249 g/mol. The van der Waals surface area contributed by atoms with Gasteiger partial charge in [0.2, 0.25) is 0 Å². The summed E-state index contributed by atoms with van der Waals surface area (Å²) in [7, 11) is 0. The monoisotopic (exact) mass is 267 g/mol. The molecule has 19 heavy (non-hydrogen) atoms. The summed E-state index contributed by atoms with van der Waals surface area (Å²) in [5, 5.41) is 8.88. The molecule has 0 radical (unpaired) electrons. The van der Waals surface area contributed by atoms with E-state index in [0.717, 1.165) is 10.5 Å². The van der Waals surface area contributed by atoms with E-state index in [1.165, 1.54) is 12.1 Å². The third-order valence-electron chi connectivity index (χ3n) is 2.70. The van der Waals surface area contributed by atoms with Crippen molar-refractivity contribution in [3.63, 3.8) is 0 Å². The lowest BCUT2D eigenvalue weighted by Crippen LogP contribution is -2.48. The van der Waals surface area contributed by atoms with Crippen LogP contribution in [0.15, 0.2) is 18.2 Å². The Labute approximate surface area is 111 Å². The third-order valence-corrected chi connectivity index (χ3v) is 2.70. The Morgan fingerprint density at radius 1 is 1.32 bits per heavy atom. The van der Waals surface area contributed by atoms with E-state index in [4.69, 9.17) is 5.11 Å². The second-order valence-corrected chi connectivity index (χ2v) is 5.44. The van der Waals surface area contributed by atoms with Gasteiger partial charge in [0.15, 0.2) is 0 Å². The Hall–Kier alpha value is -1.91. The minimum atomic E-state index is -1.13. The van der Waals surface area contributed by atoms with Crippen LogP contribution in [0.1, 0.15) is 36.7 Å². The topological polar surface area (TPSA) is 57.6 Å². The number of hydrogen-bond donors (Lipinski definition) is 1. The van der Waals surface area contributed by atoms with Crippen molar-refractivity contribution in [1.82, 2.24) is 4.90 Å². The summed E-state index contributed by atoms with van der Waals surface area (Å²) < 4.78 is 13.7. The molecule has 0 spiro atoms. The van der Waals surface area contributed by atoms with Gasteiger partial charge in [0.1, 0.15) is 12.4 Å². The first-order chi connectivity index (χ1) is 8.62. The molecule has 0 aliphatic carbocycles. The van der Waals surface area contributed by atoms with E-state index in [9.17, 15) is 14.0 Å². The molecule has 104 valence electrons. The zero-order valence-corrected chi connectivity index (χ0v) is 11.5. The fraction of sp³-hybridized carbons (Fsp3) is 0.429. The highest BCUT2D eigenvalue weighted by Gasteiger charge is 2.30. The molecule has 0 saturated carbocycles. The second-order valence-electron chi connectivity index (χ2n) is 5.44. The summed E-state index contributed by atoms with van der Waals surface area (Å²) in [6.45, 7) is 6.41. The second kappa shape index (κ2) is 5.38. The van der Waals surface area contributed by atoms with Gasteiger partial charge < -0.3 is 10.0 Å². The SMILES string of the molecule is Cc1ccc(F)c(C(=O)N(CC(=O)O)C(C)(C)C)c1. The van der Waals surface area contributed by atoms with Crippen molar-refractivity contribution in [1.29, 1.82) is 0 Å². The fourth-order valence-electron chi connectivity index (χ4n) is 1.70. The average molecular weight is 267 g/mol. The van der Waals surface area contributed by atoms with Gasteiger partial charge in [-0.05, 0) is 39.8 Å². The molecule has 0 atom stereocenters. The van der Waals surface area contributed by atoms with Crippen LogP contribution < -0.4 is 0 Å². The Morgan fingerprint density at radius 3 is 2.37 bits per heavy atom. The largest absolute Gasteiger partial charge is 0.480 e. The van der Waals surface area contributed by atoms with Gasteiger partial charge in [-0.1, -0.05) is 11.6 Å². The van der Waals surface area contributed by atoms with Crippen LogP contribution in [0.4, 0.5) is 4.39 Å². The van der Waals surface area contributed by atoms with Crippen LogP contribution >= 0.6 is 0 Å². The minimum Gasteiger partial charge on any atom is -0.480 e. The summed E-state index contributed by atoms with van der Waals surface area (Å²) in [4.78, 5) is 24.3. The summed E-state index contributed by atoms with van der Waals surface area (Å²) in [5.41, 5.74) is -0.0591. The van der Waals surface area contributed by atoms with Crippen LogP contribution in [0.3, 0.4) is 0 Å². The number of benzene rings is 1. The smallest absolute Gasteiger partial charge is 0.323 e. The highest BCUT2D eigenvalue weighted by molar-refractivity contribution is 5.96. The lowest BCUT2D eigenvalue weighted by Gasteiger charge is -2.34. The highest BCUT2D eigenvalue weighted by atomic mass is 19.1. The van der Waals surface area contributed by atoms with Crippen LogP contribution in [-0.4, -0.2) is 34.0 Å². The number of carbonyl (C=O) groups excluding carboxylic acids is 1. The van der Waals surface area contributed by atoms with Crippen molar-refractivity contribution in [2.45, 2.75) is 33.2 Å². The number of aliphatic carboxylic acids is 1. The Bertz CT molecular complexity index is 506. The number of aryl methyl sites for hydroxylation is 1. The highest BCUT2D eigenvalue weighted by Crippen LogP contribution is 2.19. The zero-order chi connectivity index (χ0) is 14.8. The van der Waals surface area contributed by atoms with Crippen molar-refractivity contribution >= 4 is 11.9 Å². The van der Waals surface area contributed by atoms with Crippen LogP contribution in [0.25, 0.3) is 0 Å². The molecule has 1 aromatic carbocycles. The zero-order valence-electron chi connectivity index (χ0n) is 11.5. The molecule has 0 saturated heterocycles. The van der Waals surface area contributed by atoms with Crippen molar-refractivity contribution < 1.29 is 19.1 Å². The van der Waals surface area contributed by atoms with Crippen molar-refractivity contribution in [3.8, 4) is 0 Å². The molecule has 5 heteroatoms. The fourth-order valence-corrected chi connectivity index (χ4v) is 1.70. The lowest BCUT2D eigenvalue weighted by atomic mass is 10.0. The van der Waals surface area contributed by atoms with Gasteiger partial charge in [0, 0.05) is 5.54 Å². The normalized spacial score (nSPS) is 11.2. The number of carboxylic acids is 1. The van der Waals surface area contributed by atoms with Crippen molar-refractivity contribution in [3.05, 3.63) is 35.1 Å². The quantitative estimate of drug-likeness (QED) is 0.915. The molecule has 0 aliphatic heterocycles. The van der Waals surface area contributed by atoms with Gasteiger partial charge >= 0.3 is 5.97 Å². The third kappa shape index (κ3) is 3.77. The number of carbonyl (C=O) groups is 2. The number of carboxylic acid groups (broad SMARTS) is 1. The number of rotatable bonds is 3. The Morgan fingerprint density at radius 2 is 1.89 bits per heavy atom. The maximum atomic E-state index is 13.7. The van der Waals surface area contributed by atoms with Crippen LogP contribution in [-0.2, 0) is 4.79 Å². The standard InChI is InChI=1S/C14H18FNO3/c1-9-5-6-11(15)10(7-9)13(19)16(8-12(17)18)14(2,3)4/h5-7H,8H2,1-4H3,(H,17,18). The first kappa shape index (κ1) is 15.1. The van der Waals surface area contributed by atoms with Crippen LogP contribution in [0.2, 0.25) is 0 Å². The molecule has 1 rings (SSSR count). The average Bonchev–Trinajstić information content (AvgIpc) is 2.26. The Kier molecular flexibility index (Phi) is 4.29. The maximum absolute atomic E-state index is 13.7.